The Balaban J connectivity index is 1.84. The lowest BCUT2D eigenvalue weighted by Gasteiger charge is -2.19. The maximum atomic E-state index is 9.74. The summed E-state index contributed by atoms with van der Waals surface area (Å²) in [6.07, 6.45) is 4.43. The van der Waals surface area contributed by atoms with Crippen LogP contribution in [0.15, 0.2) is 17.5 Å². The zero-order valence-electron chi connectivity index (χ0n) is 9.86. The number of rotatable bonds is 7. The van der Waals surface area contributed by atoms with Crippen LogP contribution in [0.5, 0.6) is 0 Å². The molecule has 0 spiro atoms. The number of thiophene rings is 1. The van der Waals surface area contributed by atoms with Crippen LogP contribution in [-0.4, -0.2) is 17.8 Å². The van der Waals surface area contributed by atoms with Gasteiger partial charge in [-0.05, 0) is 36.6 Å². The van der Waals surface area contributed by atoms with Gasteiger partial charge >= 0.3 is 0 Å². The zero-order valence-corrected chi connectivity index (χ0v) is 10.7. The molecule has 0 saturated heterocycles. The monoisotopic (exact) mass is 239 g/mol. The van der Waals surface area contributed by atoms with Crippen LogP contribution in [0.2, 0.25) is 0 Å². The molecule has 1 fully saturated rings. The number of hydrogen-bond acceptors (Lipinski definition) is 3. The van der Waals surface area contributed by atoms with Crippen LogP contribution in [0.3, 0.4) is 0 Å². The molecule has 1 aliphatic carbocycles. The summed E-state index contributed by atoms with van der Waals surface area (Å²) in [7, 11) is 0. The van der Waals surface area contributed by atoms with Gasteiger partial charge in [-0.15, -0.1) is 11.3 Å². The molecular weight excluding hydrogens is 218 g/mol. The van der Waals surface area contributed by atoms with Crippen LogP contribution in [0.4, 0.5) is 0 Å². The first kappa shape index (κ1) is 12.1. The van der Waals surface area contributed by atoms with Crippen LogP contribution in [0.1, 0.15) is 43.5 Å². The van der Waals surface area contributed by atoms with E-state index < -0.39 is 0 Å². The molecule has 0 aromatic carbocycles. The van der Waals surface area contributed by atoms with Crippen LogP contribution < -0.4 is 5.32 Å². The first-order valence-corrected chi connectivity index (χ1v) is 7.14. The fourth-order valence-corrected chi connectivity index (χ4v) is 2.99. The van der Waals surface area contributed by atoms with Gasteiger partial charge in [0.2, 0.25) is 0 Å². The first-order chi connectivity index (χ1) is 7.81. The summed E-state index contributed by atoms with van der Waals surface area (Å²) < 4.78 is 0. The fraction of sp³-hybridized carbons (Fsp3) is 0.692. The lowest BCUT2D eigenvalue weighted by atomic mass is 10.1. The van der Waals surface area contributed by atoms with Gasteiger partial charge in [0, 0.05) is 17.5 Å². The third-order valence-corrected chi connectivity index (χ3v) is 4.09. The summed E-state index contributed by atoms with van der Waals surface area (Å²) >= 11 is 1.82. The molecule has 16 heavy (non-hydrogen) atoms. The number of hydrogen-bond donors (Lipinski definition) is 2. The average Bonchev–Trinajstić information content (AvgIpc) is 2.94. The van der Waals surface area contributed by atoms with Crippen molar-refractivity contribution in [1.29, 1.82) is 0 Å². The largest absolute Gasteiger partial charge is 0.392 e. The van der Waals surface area contributed by atoms with E-state index >= 15 is 0 Å². The Hall–Kier alpha value is -0.380. The minimum atomic E-state index is -0.189. The van der Waals surface area contributed by atoms with E-state index in [1.54, 1.807) is 0 Å². The number of aliphatic hydroxyl groups excluding tert-OH is 1. The van der Waals surface area contributed by atoms with E-state index in [0.717, 1.165) is 25.3 Å². The Morgan fingerprint density at radius 1 is 1.56 bits per heavy atom. The molecule has 2 unspecified atom stereocenters. The predicted molar refractivity (Wildman–Crippen MR) is 68.7 cm³/mol. The smallest absolute Gasteiger partial charge is 0.0664 e. The van der Waals surface area contributed by atoms with Gasteiger partial charge in [0.25, 0.3) is 0 Å². The van der Waals surface area contributed by atoms with E-state index in [9.17, 15) is 5.11 Å². The summed E-state index contributed by atoms with van der Waals surface area (Å²) in [5.41, 5.74) is 0. The van der Waals surface area contributed by atoms with Crippen LogP contribution in [0, 0.1) is 5.92 Å². The fourth-order valence-electron chi connectivity index (χ4n) is 2.10. The zero-order chi connectivity index (χ0) is 11.4. The maximum Gasteiger partial charge on any atom is 0.0664 e. The summed E-state index contributed by atoms with van der Waals surface area (Å²) in [5.74, 6) is 0.799. The SMILES string of the molecule is CCCC(O)CNC(c1cccs1)C1CC1. The van der Waals surface area contributed by atoms with Crippen LogP contribution in [-0.2, 0) is 0 Å². The minimum Gasteiger partial charge on any atom is -0.392 e. The van der Waals surface area contributed by atoms with Crippen molar-refractivity contribution in [3.05, 3.63) is 22.4 Å². The van der Waals surface area contributed by atoms with E-state index in [-0.39, 0.29) is 6.10 Å². The average molecular weight is 239 g/mol. The van der Waals surface area contributed by atoms with Crippen LogP contribution in [0.25, 0.3) is 0 Å². The summed E-state index contributed by atoms with van der Waals surface area (Å²) in [4.78, 5) is 1.42. The molecular formula is C13H21NOS. The van der Waals surface area contributed by atoms with Crippen molar-refractivity contribution >= 4 is 11.3 Å². The van der Waals surface area contributed by atoms with Gasteiger partial charge in [-0.25, -0.2) is 0 Å². The lowest BCUT2D eigenvalue weighted by Crippen LogP contribution is -2.31. The second-order valence-corrected chi connectivity index (χ2v) is 5.66. The van der Waals surface area contributed by atoms with Crippen molar-refractivity contribution in [2.45, 2.75) is 44.8 Å². The quantitative estimate of drug-likeness (QED) is 0.767. The third-order valence-electron chi connectivity index (χ3n) is 3.14. The molecule has 0 amide bonds. The molecule has 0 radical (unpaired) electrons. The van der Waals surface area contributed by atoms with E-state index in [1.807, 2.05) is 11.3 Å². The Morgan fingerprint density at radius 3 is 2.94 bits per heavy atom. The lowest BCUT2D eigenvalue weighted by molar-refractivity contribution is 0.155. The highest BCUT2D eigenvalue weighted by Crippen LogP contribution is 2.42. The van der Waals surface area contributed by atoms with Crippen LogP contribution >= 0.6 is 11.3 Å². The van der Waals surface area contributed by atoms with E-state index in [2.05, 4.69) is 29.8 Å². The first-order valence-electron chi connectivity index (χ1n) is 6.26. The molecule has 1 aliphatic rings. The molecule has 90 valence electrons. The summed E-state index contributed by atoms with van der Waals surface area (Å²) in [5, 5.41) is 15.4. The van der Waals surface area contributed by atoms with Gasteiger partial charge in [-0.2, -0.15) is 0 Å². The molecule has 2 atom stereocenters. The minimum absolute atomic E-state index is 0.189. The van der Waals surface area contributed by atoms with E-state index in [4.69, 9.17) is 0 Å². The van der Waals surface area contributed by atoms with Gasteiger partial charge in [-0.1, -0.05) is 19.4 Å². The Labute approximate surface area is 102 Å². The Kier molecular flexibility index (Phi) is 4.38. The van der Waals surface area contributed by atoms with Gasteiger partial charge < -0.3 is 10.4 Å². The van der Waals surface area contributed by atoms with Crippen molar-refractivity contribution in [3.8, 4) is 0 Å². The molecule has 0 bridgehead atoms. The van der Waals surface area contributed by atoms with Gasteiger partial charge in [0.05, 0.1) is 6.10 Å². The Morgan fingerprint density at radius 2 is 2.38 bits per heavy atom. The normalized spacial score (nSPS) is 19.6. The molecule has 2 rings (SSSR count). The van der Waals surface area contributed by atoms with E-state index in [0.29, 0.717) is 6.04 Å². The highest BCUT2D eigenvalue weighted by atomic mass is 32.1. The number of nitrogens with one attached hydrogen (secondary N) is 1. The predicted octanol–water partition coefficient (Wildman–Crippen LogP) is 2.95. The molecule has 2 nitrogen and oxygen atoms in total. The third kappa shape index (κ3) is 3.30. The molecule has 3 heteroatoms. The molecule has 1 heterocycles. The molecule has 1 aromatic heterocycles. The summed E-state index contributed by atoms with van der Waals surface area (Å²) in [6, 6.07) is 4.79. The van der Waals surface area contributed by atoms with Crippen molar-refractivity contribution in [3.63, 3.8) is 0 Å². The van der Waals surface area contributed by atoms with Gasteiger partial charge in [0.1, 0.15) is 0 Å². The highest BCUT2D eigenvalue weighted by Gasteiger charge is 2.32. The highest BCUT2D eigenvalue weighted by molar-refractivity contribution is 7.10. The standard InChI is InChI=1S/C13H21NOS/c1-2-4-11(15)9-14-13(10-6-7-10)12-5-3-8-16-12/h3,5,8,10-11,13-15H,2,4,6-7,9H2,1H3. The molecule has 0 aliphatic heterocycles. The number of aliphatic hydroxyl groups is 1. The summed E-state index contributed by atoms with van der Waals surface area (Å²) in [6.45, 7) is 2.84. The van der Waals surface area contributed by atoms with Crippen molar-refractivity contribution in [2.75, 3.05) is 6.54 Å². The second kappa shape index (κ2) is 5.80. The maximum absolute atomic E-state index is 9.74. The molecule has 1 saturated carbocycles. The van der Waals surface area contributed by atoms with Crippen molar-refractivity contribution in [1.82, 2.24) is 5.32 Å². The van der Waals surface area contributed by atoms with Gasteiger partial charge in [-0.3, -0.25) is 0 Å². The molecule has 1 aromatic rings. The van der Waals surface area contributed by atoms with Crippen molar-refractivity contribution in [2.24, 2.45) is 5.92 Å². The molecule has 2 N–H and O–H groups in total. The van der Waals surface area contributed by atoms with Crippen molar-refractivity contribution < 1.29 is 5.11 Å². The van der Waals surface area contributed by atoms with E-state index in [1.165, 1.54) is 17.7 Å². The Bertz CT molecular complexity index is 295. The topological polar surface area (TPSA) is 32.3 Å². The van der Waals surface area contributed by atoms with Gasteiger partial charge in [0.15, 0.2) is 0 Å². The second-order valence-electron chi connectivity index (χ2n) is 4.68.